The first-order chi connectivity index (χ1) is 10.0. The molecule has 1 amide bonds. The van der Waals surface area contributed by atoms with E-state index in [1.165, 1.54) is 12.8 Å². The Kier molecular flexibility index (Phi) is 10.7. The number of piperazine rings is 1. The molecule has 0 aromatic rings. The second-order valence-corrected chi connectivity index (χ2v) is 6.69. The number of rotatable bonds is 5. The van der Waals surface area contributed by atoms with Crippen molar-refractivity contribution in [1.82, 2.24) is 14.7 Å². The predicted molar refractivity (Wildman–Crippen MR) is 101 cm³/mol. The maximum atomic E-state index is 12.1. The fourth-order valence-electron chi connectivity index (χ4n) is 3.55. The van der Waals surface area contributed by atoms with E-state index < -0.39 is 0 Å². The summed E-state index contributed by atoms with van der Waals surface area (Å²) in [5.74, 6) is 0.124. The van der Waals surface area contributed by atoms with Crippen molar-refractivity contribution in [3.05, 3.63) is 0 Å². The highest BCUT2D eigenvalue weighted by Gasteiger charge is 2.28. The first kappa shape index (κ1) is 22.9. The van der Waals surface area contributed by atoms with E-state index in [0.29, 0.717) is 0 Å². The normalized spacial score (nSPS) is 27.2. The molecule has 2 aliphatic rings. The van der Waals surface area contributed by atoms with Gasteiger partial charge in [0.05, 0.1) is 6.04 Å². The van der Waals surface area contributed by atoms with E-state index in [9.17, 15) is 4.79 Å². The molecule has 23 heavy (non-hydrogen) atoms. The van der Waals surface area contributed by atoms with E-state index in [2.05, 4.69) is 23.6 Å². The van der Waals surface area contributed by atoms with Crippen LogP contribution in [0.2, 0.25) is 0 Å². The van der Waals surface area contributed by atoms with Gasteiger partial charge in [-0.15, -0.1) is 24.8 Å². The van der Waals surface area contributed by atoms with Crippen LogP contribution in [0.3, 0.4) is 0 Å². The third kappa shape index (κ3) is 6.05. The molecule has 0 spiro atoms. The predicted octanol–water partition coefficient (Wildman–Crippen LogP) is 1.58. The Hall–Kier alpha value is -0.0700. The smallest absolute Gasteiger partial charge is 0.239 e. The quantitative estimate of drug-likeness (QED) is 0.800. The molecule has 0 aliphatic carbocycles. The second kappa shape index (κ2) is 10.7. The summed E-state index contributed by atoms with van der Waals surface area (Å²) in [5, 5.41) is 0. The Morgan fingerprint density at radius 2 is 1.57 bits per heavy atom. The lowest BCUT2D eigenvalue weighted by Crippen LogP contribution is -2.54. The van der Waals surface area contributed by atoms with E-state index in [1.807, 2.05) is 11.8 Å². The number of hydrogen-bond donors (Lipinski definition) is 1. The molecule has 2 aliphatic heterocycles. The van der Waals surface area contributed by atoms with E-state index in [1.54, 1.807) is 0 Å². The molecule has 0 radical (unpaired) electrons. The maximum Gasteiger partial charge on any atom is 0.239 e. The van der Waals surface area contributed by atoms with E-state index in [0.717, 1.165) is 57.8 Å². The lowest BCUT2D eigenvalue weighted by Gasteiger charge is -2.37. The SMILES string of the molecule is CC[C@H](N)C(=O)N1CCN(CCN2C(C)CCC2C)CC1.Cl.Cl. The summed E-state index contributed by atoms with van der Waals surface area (Å²) in [6.07, 6.45) is 3.39. The monoisotopic (exact) mass is 368 g/mol. The largest absolute Gasteiger partial charge is 0.339 e. The van der Waals surface area contributed by atoms with Gasteiger partial charge in [-0.3, -0.25) is 14.6 Å². The summed E-state index contributed by atoms with van der Waals surface area (Å²) >= 11 is 0. The van der Waals surface area contributed by atoms with Crippen LogP contribution in [0.25, 0.3) is 0 Å². The van der Waals surface area contributed by atoms with Crippen molar-refractivity contribution in [2.45, 2.75) is 58.2 Å². The lowest BCUT2D eigenvalue weighted by molar-refractivity contribution is -0.134. The fourth-order valence-corrected chi connectivity index (χ4v) is 3.55. The van der Waals surface area contributed by atoms with Crippen molar-refractivity contribution >= 4 is 30.7 Å². The van der Waals surface area contributed by atoms with Gasteiger partial charge < -0.3 is 10.6 Å². The van der Waals surface area contributed by atoms with Crippen LogP contribution >= 0.6 is 24.8 Å². The van der Waals surface area contributed by atoms with Crippen molar-refractivity contribution in [3.8, 4) is 0 Å². The van der Waals surface area contributed by atoms with Gasteiger partial charge in [0.1, 0.15) is 0 Å². The van der Waals surface area contributed by atoms with Crippen LogP contribution < -0.4 is 5.73 Å². The molecular formula is C16H34Cl2N4O. The van der Waals surface area contributed by atoms with E-state index >= 15 is 0 Å². The molecule has 0 aromatic heterocycles. The van der Waals surface area contributed by atoms with E-state index in [4.69, 9.17) is 5.73 Å². The van der Waals surface area contributed by atoms with Crippen molar-refractivity contribution in [3.63, 3.8) is 0 Å². The Morgan fingerprint density at radius 1 is 1.04 bits per heavy atom. The van der Waals surface area contributed by atoms with Crippen LogP contribution in [0, 0.1) is 0 Å². The summed E-state index contributed by atoms with van der Waals surface area (Å²) in [4.78, 5) is 19.1. The third-order valence-corrected chi connectivity index (χ3v) is 5.25. The molecule has 7 heteroatoms. The lowest BCUT2D eigenvalue weighted by atomic mass is 10.2. The summed E-state index contributed by atoms with van der Waals surface area (Å²) in [5.41, 5.74) is 5.84. The molecule has 3 atom stereocenters. The number of nitrogens with zero attached hydrogens (tertiary/aromatic N) is 3. The number of likely N-dealkylation sites (tertiary alicyclic amines) is 1. The molecule has 5 nitrogen and oxygen atoms in total. The van der Waals surface area contributed by atoms with Gasteiger partial charge in [0.15, 0.2) is 0 Å². The minimum atomic E-state index is -0.317. The van der Waals surface area contributed by atoms with Gasteiger partial charge in [0, 0.05) is 51.4 Å². The minimum absolute atomic E-state index is 0. The van der Waals surface area contributed by atoms with Gasteiger partial charge >= 0.3 is 0 Å². The topological polar surface area (TPSA) is 52.8 Å². The van der Waals surface area contributed by atoms with Gasteiger partial charge in [0.25, 0.3) is 0 Å². The summed E-state index contributed by atoms with van der Waals surface area (Å²) in [7, 11) is 0. The van der Waals surface area contributed by atoms with Gasteiger partial charge in [-0.25, -0.2) is 0 Å². The molecular weight excluding hydrogens is 335 g/mol. The average molecular weight is 369 g/mol. The third-order valence-electron chi connectivity index (χ3n) is 5.25. The van der Waals surface area contributed by atoms with Gasteiger partial charge in [-0.1, -0.05) is 6.92 Å². The minimum Gasteiger partial charge on any atom is -0.339 e. The van der Waals surface area contributed by atoms with Crippen molar-refractivity contribution < 1.29 is 4.79 Å². The first-order valence-electron chi connectivity index (χ1n) is 8.55. The van der Waals surface area contributed by atoms with Crippen LogP contribution in [-0.2, 0) is 4.79 Å². The van der Waals surface area contributed by atoms with Crippen LogP contribution in [0.4, 0.5) is 0 Å². The molecule has 2 unspecified atom stereocenters. The zero-order valence-corrected chi connectivity index (χ0v) is 16.4. The number of carbonyl (C=O) groups excluding carboxylic acids is 1. The van der Waals surface area contributed by atoms with Gasteiger partial charge in [0.2, 0.25) is 5.91 Å². The summed E-state index contributed by atoms with van der Waals surface area (Å²) < 4.78 is 0. The molecule has 0 bridgehead atoms. The Labute approximate surface area is 153 Å². The number of amides is 1. The molecule has 138 valence electrons. The summed E-state index contributed by atoms with van der Waals surface area (Å²) in [6, 6.07) is 1.14. The number of hydrogen-bond acceptors (Lipinski definition) is 4. The zero-order valence-electron chi connectivity index (χ0n) is 14.7. The van der Waals surface area contributed by atoms with Crippen molar-refractivity contribution in [1.29, 1.82) is 0 Å². The first-order valence-corrected chi connectivity index (χ1v) is 8.55. The summed E-state index contributed by atoms with van der Waals surface area (Å²) in [6.45, 7) is 12.6. The van der Waals surface area contributed by atoms with E-state index in [-0.39, 0.29) is 36.8 Å². The molecule has 2 heterocycles. The molecule has 2 rings (SSSR count). The van der Waals surface area contributed by atoms with Crippen molar-refractivity contribution in [2.24, 2.45) is 5.73 Å². The zero-order chi connectivity index (χ0) is 15.4. The van der Waals surface area contributed by atoms with Crippen LogP contribution in [-0.4, -0.2) is 78.0 Å². The Morgan fingerprint density at radius 3 is 2.04 bits per heavy atom. The van der Waals surface area contributed by atoms with Crippen LogP contribution in [0.5, 0.6) is 0 Å². The Balaban J connectivity index is 0.00000242. The van der Waals surface area contributed by atoms with Crippen LogP contribution in [0.15, 0.2) is 0 Å². The Bertz CT molecular complexity index is 341. The molecule has 0 saturated carbocycles. The van der Waals surface area contributed by atoms with Gasteiger partial charge in [-0.05, 0) is 33.1 Å². The molecule has 2 fully saturated rings. The fraction of sp³-hybridized carbons (Fsp3) is 0.938. The highest BCUT2D eigenvalue weighted by molar-refractivity contribution is 5.85. The second-order valence-electron chi connectivity index (χ2n) is 6.69. The van der Waals surface area contributed by atoms with Gasteiger partial charge in [-0.2, -0.15) is 0 Å². The highest BCUT2D eigenvalue weighted by atomic mass is 35.5. The molecule has 0 aromatic carbocycles. The number of carbonyl (C=O) groups is 1. The highest BCUT2D eigenvalue weighted by Crippen LogP contribution is 2.22. The maximum absolute atomic E-state index is 12.1. The molecule has 2 saturated heterocycles. The number of nitrogens with two attached hydrogens (primary N) is 1. The average Bonchev–Trinajstić information content (AvgIpc) is 2.83. The standard InChI is InChI=1S/C16H32N4O.2ClH/c1-4-15(17)16(21)19-10-7-18(8-11-19)9-12-20-13(2)5-6-14(20)3;;/h13-15H,4-12,17H2,1-3H3;2*1H/t13?,14?,15-;;/m0../s1. The van der Waals surface area contributed by atoms with Crippen molar-refractivity contribution in [2.75, 3.05) is 39.3 Å². The number of halogens is 2. The molecule has 2 N–H and O–H groups in total. The van der Waals surface area contributed by atoms with Crippen LogP contribution in [0.1, 0.15) is 40.0 Å².